The summed E-state index contributed by atoms with van der Waals surface area (Å²) in [5.74, 6) is 0. The van der Waals surface area contributed by atoms with Gasteiger partial charge in [-0.05, 0) is 43.0 Å². The van der Waals surface area contributed by atoms with Crippen molar-refractivity contribution in [3.63, 3.8) is 0 Å². The van der Waals surface area contributed by atoms with E-state index in [0.717, 1.165) is 0 Å². The summed E-state index contributed by atoms with van der Waals surface area (Å²) < 4.78 is 0. The Morgan fingerprint density at radius 2 is 1.47 bits per heavy atom. The van der Waals surface area contributed by atoms with Gasteiger partial charge in [0.15, 0.2) is 0 Å². The third-order valence-corrected chi connectivity index (χ3v) is 3.16. The number of hydrogen-bond acceptors (Lipinski definition) is 1. The fraction of sp³-hybridized carbons (Fsp3) is 0.250. The van der Waals surface area contributed by atoms with Crippen molar-refractivity contribution >= 4 is 0 Å². The van der Waals surface area contributed by atoms with E-state index in [1.807, 2.05) is 0 Å². The van der Waals surface area contributed by atoms with Crippen molar-refractivity contribution < 1.29 is 0 Å². The van der Waals surface area contributed by atoms with Crippen LogP contribution in [-0.2, 0) is 6.54 Å². The minimum atomic E-state index is 0.586. The average molecular weight is 225 g/mol. The highest BCUT2D eigenvalue weighted by atomic mass is 14.5. The number of rotatable bonds is 2. The average Bonchev–Trinajstić information content (AvgIpc) is 2.29. The molecule has 0 unspecified atom stereocenters. The molecule has 0 aliphatic carbocycles. The molecule has 2 aromatic rings. The van der Waals surface area contributed by atoms with Crippen molar-refractivity contribution in [3.8, 4) is 11.1 Å². The Kier molecular flexibility index (Phi) is 3.30. The second-order valence-corrected chi connectivity index (χ2v) is 4.68. The molecule has 0 atom stereocenters. The zero-order valence-electron chi connectivity index (χ0n) is 10.7. The number of aryl methyl sites for hydroxylation is 3. The summed E-state index contributed by atoms with van der Waals surface area (Å²) in [7, 11) is 0. The maximum Gasteiger partial charge on any atom is 0.0184 e. The first-order valence-corrected chi connectivity index (χ1v) is 5.99. The smallest absolute Gasteiger partial charge is 0.0184 e. The zero-order chi connectivity index (χ0) is 12.4. The summed E-state index contributed by atoms with van der Waals surface area (Å²) in [6, 6.07) is 13.0. The van der Waals surface area contributed by atoms with Crippen molar-refractivity contribution in [1.82, 2.24) is 0 Å². The third-order valence-electron chi connectivity index (χ3n) is 3.16. The van der Waals surface area contributed by atoms with Gasteiger partial charge in [0.05, 0.1) is 0 Å². The molecule has 0 radical (unpaired) electrons. The van der Waals surface area contributed by atoms with Gasteiger partial charge in [0.25, 0.3) is 0 Å². The molecule has 1 nitrogen and oxygen atoms in total. The minimum absolute atomic E-state index is 0.586. The highest BCUT2D eigenvalue weighted by Gasteiger charge is 2.07. The van der Waals surface area contributed by atoms with Gasteiger partial charge >= 0.3 is 0 Å². The molecular formula is C16H19N. The fourth-order valence-corrected chi connectivity index (χ4v) is 2.23. The third kappa shape index (κ3) is 2.40. The van der Waals surface area contributed by atoms with Crippen LogP contribution in [0.4, 0.5) is 0 Å². The predicted octanol–water partition coefficient (Wildman–Crippen LogP) is 3.74. The predicted molar refractivity (Wildman–Crippen MR) is 74.0 cm³/mol. The van der Waals surface area contributed by atoms with Crippen LogP contribution in [0.3, 0.4) is 0 Å². The van der Waals surface area contributed by atoms with Crippen molar-refractivity contribution in [1.29, 1.82) is 0 Å². The van der Waals surface area contributed by atoms with Gasteiger partial charge in [-0.1, -0.05) is 47.5 Å². The van der Waals surface area contributed by atoms with Crippen molar-refractivity contribution in [2.24, 2.45) is 5.73 Å². The Bertz CT molecular complexity index is 541. The van der Waals surface area contributed by atoms with Crippen LogP contribution in [0, 0.1) is 20.8 Å². The maximum absolute atomic E-state index is 5.82. The van der Waals surface area contributed by atoms with Crippen LogP contribution in [0.5, 0.6) is 0 Å². The van der Waals surface area contributed by atoms with Crippen LogP contribution in [0.25, 0.3) is 11.1 Å². The molecule has 1 heteroatoms. The largest absolute Gasteiger partial charge is 0.326 e. The van der Waals surface area contributed by atoms with Gasteiger partial charge in [-0.2, -0.15) is 0 Å². The van der Waals surface area contributed by atoms with Crippen LogP contribution in [0.1, 0.15) is 22.3 Å². The van der Waals surface area contributed by atoms with Gasteiger partial charge in [0.1, 0.15) is 0 Å². The van der Waals surface area contributed by atoms with Gasteiger partial charge in [0, 0.05) is 6.54 Å². The summed E-state index contributed by atoms with van der Waals surface area (Å²) >= 11 is 0. The van der Waals surface area contributed by atoms with E-state index < -0.39 is 0 Å². The van der Waals surface area contributed by atoms with Crippen LogP contribution in [0.2, 0.25) is 0 Å². The SMILES string of the molecule is Cc1ccc(-c2cc(C)ccc2CN)c(C)c1. The molecule has 0 aliphatic rings. The second kappa shape index (κ2) is 4.72. The van der Waals surface area contributed by atoms with Gasteiger partial charge in [-0.15, -0.1) is 0 Å². The highest BCUT2D eigenvalue weighted by molar-refractivity contribution is 5.71. The van der Waals surface area contributed by atoms with Gasteiger partial charge < -0.3 is 5.73 Å². The van der Waals surface area contributed by atoms with E-state index in [2.05, 4.69) is 57.2 Å². The lowest BCUT2D eigenvalue weighted by Crippen LogP contribution is -2.00. The second-order valence-electron chi connectivity index (χ2n) is 4.68. The first kappa shape index (κ1) is 11.9. The lowest BCUT2D eigenvalue weighted by molar-refractivity contribution is 1.07. The molecule has 0 fully saturated rings. The van der Waals surface area contributed by atoms with E-state index in [0.29, 0.717) is 6.54 Å². The Morgan fingerprint density at radius 1 is 0.824 bits per heavy atom. The number of benzene rings is 2. The van der Waals surface area contributed by atoms with E-state index in [1.54, 1.807) is 0 Å². The molecule has 2 N–H and O–H groups in total. The molecule has 0 saturated carbocycles. The molecule has 0 heterocycles. The molecule has 0 amide bonds. The Labute approximate surface area is 103 Å². The number of nitrogens with two attached hydrogens (primary N) is 1. The quantitative estimate of drug-likeness (QED) is 0.828. The molecule has 88 valence electrons. The Balaban J connectivity index is 2.62. The van der Waals surface area contributed by atoms with E-state index in [9.17, 15) is 0 Å². The highest BCUT2D eigenvalue weighted by Crippen LogP contribution is 2.28. The monoisotopic (exact) mass is 225 g/mol. The first-order valence-electron chi connectivity index (χ1n) is 5.99. The summed E-state index contributed by atoms with van der Waals surface area (Å²) in [4.78, 5) is 0. The van der Waals surface area contributed by atoms with E-state index >= 15 is 0 Å². The maximum atomic E-state index is 5.82. The van der Waals surface area contributed by atoms with Crippen LogP contribution < -0.4 is 5.73 Å². The van der Waals surface area contributed by atoms with Gasteiger partial charge in [0.2, 0.25) is 0 Å². The molecule has 0 spiro atoms. The number of hydrogen-bond donors (Lipinski definition) is 1. The summed E-state index contributed by atoms with van der Waals surface area (Å²) in [5, 5.41) is 0. The topological polar surface area (TPSA) is 26.0 Å². The fourth-order valence-electron chi connectivity index (χ4n) is 2.23. The standard InChI is InChI=1S/C16H19N/c1-11-5-7-15(13(3)8-11)16-9-12(2)4-6-14(16)10-17/h4-9H,10,17H2,1-3H3. The normalized spacial score (nSPS) is 10.6. The van der Waals surface area contributed by atoms with Crippen molar-refractivity contribution in [2.75, 3.05) is 0 Å². The lowest BCUT2D eigenvalue weighted by Gasteiger charge is -2.12. The first-order chi connectivity index (χ1) is 8.11. The molecule has 0 aliphatic heterocycles. The molecule has 0 aromatic heterocycles. The molecule has 0 saturated heterocycles. The molecule has 0 bridgehead atoms. The summed E-state index contributed by atoms with van der Waals surface area (Å²) in [6.07, 6.45) is 0. The van der Waals surface area contributed by atoms with Crippen LogP contribution in [0.15, 0.2) is 36.4 Å². The Morgan fingerprint density at radius 3 is 2.12 bits per heavy atom. The summed E-state index contributed by atoms with van der Waals surface area (Å²) in [6.45, 7) is 6.98. The molecule has 2 aromatic carbocycles. The van der Waals surface area contributed by atoms with E-state index in [-0.39, 0.29) is 0 Å². The van der Waals surface area contributed by atoms with E-state index in [4.69, 9.17) is 5.73 Å². The van der Waals surface area contributed by atoms with Gasteiger partial charge in [-0.3, -0.25) is 0 Å². The van der Waals surface area contributed by atoms with Crippen LogP contribution >= 0.6 is 0 Å². The zero-order valence-corrected chi connectivity index (χ0v) is 10.7. The molecule has 17 heavy (non-hydrogen) atoms. The lowest BCUT2D eigenvalue weighted by atomic mass is 9.93. The van der Waals surface area contributed by atoms with E-state index in [1.165, 1.54) is 33.4 Å². The van der Waals surface area contributed by atoms with Crippen LogP contribution in [-0.4, -0.2) is 0 Å². The van der Waals surface area contributed by atoms with Crippen molar-refractivity contribution in [2.45, 2.75) is 27.3 Å². The minimum Gasteiger partial charge on any atom is -0.326 e. The van der Waals surface area contributed by atoms with Gasteiger partial charge in [-0.25, -0.2) is 0 Å². The molecular weight excluding hydrogens is 206 g/mol. The van der Waals surface area contributed by atoms with Crippen molar-refractivity contribution in [3.05, 3.63) is 58.7 Å². The summed E-state index contributed by atoms with van der Waals surface area (Å²) in [5.41, 5.74) is 13.5. The molecule has 2 rings (SSSR count). The Hall–Kier alpha value is -1.60.